The summed E-state index contributed by atoms with van der Waals surface area (Å²) in [6.45, 7) is 5.03. The minimum absolute atomic E-state index is 0.0682. The van der Waals surface area contributed by atoms with E-state index >= 15 is 4.39 Å². The predicted molar refractivity (Wildman–Crippen MR) is 143 cm³/mol. The molecule has 11 heteroatoms. The van der Waals surface area contributed by atoms with Crippen LogP contribution in [0.2, 0.25) is 5.02 Å². The van der Waals surface area contributed by atoms with E-state index in [1.165, 1.54) is 24.3 Å². The number of rotatable bonds is 2. The van der Waals surface area contributed by atoms with E-state index in [4.69, 9.17) is 17.3 Å². The number of benzene rings is 2. The van der Waals surface area contributed by atoms with Crippen LogP contribution in [0.25, 0.3) is 32.1 Å². The average molecular weight is 552 g/mol. The summed E-state index contributed by atoms with van der Waals surface area (Å²) >= 11 is 7.62. The molecule has 2 aromatic carbocycles. The van der Waals surface area contributed by atoms with Gasteiger partial charge in [0.05, 0.1) is 32.4 Å². The highest BCUT2D eigenvalue weighted by atomic mass is 35.5. The number of nitrogens with zero attached hydrogens (tertiary/aromatic N) is 4. The molecule has 1 fully saturated rings. The van der Waals surface area contributed by atoms with E-state index < -0.39 is 11.6 Å². The number of fused-ring (bicyclic) bond motifs is 2. The number of nitrogens with two attached hydrogens (primary N) is 1. The highest BCUT2D eigenvalue weighted by molar-refractivity contribution is 7.23. The van der Waals surface area contributed by atoms with Crippen LogP contribution in [-0.2, 0) is 11.3 Å². The van der Waals surface area contributed by atoms with Gasteiger partial charge in [-0.1, -0.05) is 24.2 Å². The summed E-state index contributed by atoms with van der Waals surface area (Å²) in [5, 5.41) is 10.6. The van der Waals surface area contributed by atoms with Gasteiger partial charge < -0.3 is 20.1 Å². The fraction of sp³-hybridized carbons (Fsp3) is 0.222. The molecule has 0 bridgehead atoms. The molecule has 2 aliphatic heterocycles. The molecule has 0 radical (unpaired) electrons. The van der Waals surface area contributed by atoms with Crippen molar-refractivity contribution in [3.63, 3.8) is 0 Å². The van der Waals surface area contributed by atoms with Gasteiger partial charge in [0.25, 0.3) is 5.91 Å². The first kappa shape index (κ1) is 24.4. The molecule has 2 amide bonds. The lowest BCUT2D eigenvalue weighted by Crippen LogP contribution is -2.57. The largest absolute Gasteiger partial charge is 0.389 e. The van der Waals surface area contributed by atoms with Crippen molar-refractivity contribution in [2.24, 2.45) is 0 Å². The molecular formula is C27H20ClF2N5O2S. The van der Waals surface area contributed by atoms with Gasteiger partial charge in [-0.25, -0.2) is 8.78 Å². The van der Waals surface area contributed by atoms with Gasteiger partial charge in [0, 0.05) is 48.7 Å². The number of thiophene rings is 1. The lowest BCUT2D eigenvalue weighted by molar-refractivity contribution is -0.128. The second-order valence-corrected chi connectivity index (χ2v) is 10.8. The number of carbonyl (C=O) groups is 2. The zero-order chi connectivity index (χ0) is 26.9. The van der Waals surface area contributed by atoms with Crippen molar-refractivity contribution < 1.29 is 18.4 Å². The molecular weight excluding hydrogens is 532 g/mol. The van der Waals surface area contributed by atoms with Gasteiger partial charge >= 0.3 is 0 Å². The molecule has 6 rings (SSSR count). The van der Waals surface area contributed by atoms with E-state index in [-0.39, 0.29) is 60.2 Å². The van der Waals surface area contributed by atoms with Crippen LogP contribution in [0, 0.1) is 23.0 Å². The summed E-state index contributed by atoms with van der Waals surface area (Å²) in [6.07, 6.45) is 3.47. The van der Waals surface area contributed by atoms with Crippen LogP contribution in [0.3, 0.4) is 0 Å². The van der Waals surface area contributed by atoms with Crippen molar-refractivity contribution in [3.05, 3.63) is 64.8 Å². The number of halogens is 3. The van der Waals surface area contributed by atoms with Gasteiger partial charge in [-0.15, -0.1) is 11.3 Å². The number of anilines is 1. The van der Waals surface area contributed by atoms with Crippen LogP contribution in [0.5, 0.6) is 0 Å². The Morgan fingerprint density at radius 3 is 2.74 bits per heavy atom. The zero-order valence-corrected chi connectivity index (χ0v) is 21.5. The normalized spacial score (nSPS) is 17.3. The Labute approximate surface area is 224 Å². The van der Waals surface area contributed by atoms with Crippen LogP contribution < -0.4 is 5.73 Å². The first-order valence-corrected chi connectivity index (χ1v) is 13.1. The first-order chi connectivity index (χ1) is 18.2. The highest BCUT2D eigenvalue weighted by Gasteiger charge is 2.36. The third kappa shape index (κ3) is 3.42. The molecule has 2 aromatic heterocycles. The third-order valence-corrected chi connectivity index (χ3v) is 8.72. The molecule has 2 N–H and O–H groups in total. The zero-order valence-electron chi connectivity index (χ0n) is 19.9. The third-order valence-electron chi connectivity index (χ3n) is 7.41. The van der Waals surface area contributed by atoms with Crippen molar-refractivity contribution in [3.8, 4) is 17.2 Å². The monoisotopic (exact) mass is 551 g/mol. The molecule has 192 valence electrons. The quantitative estimate of drug-likeness (QED) is 0.348. The van der Waals surface area contributed by atoms with Crippen molar-refractivity contribution in [2.75, 3.05) is 25.4 Å². The number of hydrogen-bond acceptors (Lipinski definition) is 5. The topological polar surface area (TPSA) is 95.4 Å². The lowest BCUT2D eigenvalue weighted by atomic mass is 9.93. The summed E-state index contributed by atoms with van der Waals surface area (Å²) < 4.78 is 32.7. The minimum atomic E-state index is -0.723. The maximum atomic E-state index is 16.1. The molecule has 0 unspecified atom stereocenters. The first-order valence-electron chi connectivity index (χ1n) is 11.9. The molecule has 1 atom stereocenters. The van der Waals surface area contributed by atoms with E-state index in [9.17, 15) is 19.2 Å². The standard InChI is InChI=1S/C27H20ClF2N5O2S/c1-2-20(36)33-7-8-35-13(11-33)5-6-34-12-17(28)23-22(19(30)9-15(24(23)34)27(35)37)14-3-4-18(29)25-21(14)16(10-31)26(32)38-25/h2-4,9,12-13H,1,5-8,11,32H2/t13-/m0/s1. The van der Waals surface area contributed by atoms with E-state index in [1.54, 1.807) is 16.0 Å². The van der Waals surface area contributed by atoms with Crippen LogP contribution in [0.1, 0.15) is 22.3 Å². The van der Waals surface area contributed by atoms with Gasteiger partial charge in [0.2, 0.25) is 5.91 Å². The Hall–Kier alpha value is -3.94. The number of nitriles is 1. The number of hydrogen-bond donors (Lipinski definition) is 1. The fourth-order valence-electron chi connectivity index (χ4n) is 5.69. The molecule has 0 saturated carbocycles. The summed E-state index contributed by atoms with van der Waals surface area (Å²) in [7, 11) is 0. The Balaban J connectivity index is 1.57. The number of amides is 2. The molecule has 38 heavy (non-hydrogen) atoms. The maximum Gasteiger partial charge on any atom is 0.256 e. The molecule has 0 aliphatic carbocycles. The van der Waals surface area contributed by atoms with Crippen molar-refractivity contribution in [2.45, 2.75) is 19.0 Å². The average Bonchev–Trinajstić information content (AvgIpc) is 3.42. The van der Waals surface area contributed by atoms with Crippen LogP contribution in [0.15, 0.2) is 37.1 Å². The highest BCUT2D eigenvalue weighted by Crippen LogP contribution is 2.46. The fourth-order valence-corrected chi connectivity index (χ4v) is 6.94. The van der Waals surface area contributed by atoms with Crippen molar-refractivity contribution >= 4 is 60.7 Å². The molecule has 1 saturated heterocycles. The molecule has 4 aromatic rings. The van der Waals surface area contributed by atoms with Gasteiger partial charge in [0.15, 0.2) is 0 Å². The Morgan fingerprint density at radius 1 is 1.21 bits per heavy atom. The Bertz CT molecular complexity index is 1750. The summed E-state index contributed by atoms with van der Waals surface area (Å²) in [5.74, 6) is -1.84. The number of aromatic nitrogens is 1. The van der Waals surface area contributed by atoms with E-state index in [0.717, 1.165) is 11.3 Å². The number of piperazine rings is 1. The molecule has 2 aliphatic rings. The number of nitrogen functional groups attached to an aromatic ring is 1. The smallest absolute Gasteiger partial charge is 0.256 e. The minimum Gasteiger partial charge on any atom is -0.389 e. The van der Waals surface area contributed by atoms with Crippen LogP contribution in [0.4, 0.5) is 13.8 Å². The van der Waals surface area contributed by atoms with Crippen molar-refractivity contribution in [1.29, 1.82) is 5.26 Å². The number of carbonyl (C=O) groups excluding carboxylic acids is 2. The van der Waals surface area contributed by atoms with Crippen LogP contribution >= 0.6 is 22.9 Å². The second kappa shape index (κ2) is 8.82. The van der Waals surface area contributed by atoms with E-state index in [1.807, 2.05) is 10.6 Å². The van der Waals surface area contributed by atoms with Crippen LogP contribution in [-0.4, -0.2) is 51.9 Å². The SMILES string of the molecule is C=CC(=O)N1CCN2C(=O)c3cc(F)c(-c4ccc(F)c5sc(N)c(C#N)c45)c4c(Cl)cn(c34)CC[C@H]2C1. The van der Waals surface area contributed by atoms with Gasteiger partial charge in [-0.05, 0) is 30.2 Å². The summed E-state index contributed by atoms with van der Waals surface area (Å²) in [6, 6.07) is 5.57. The Kier molecular flexibility index (Phi) is 5.67. The predicted octanol–water partition coefficient (Wildman–Crippen LogP) is 5.15. The summed E-state index contributed by atoms with van der Waals surface area (Å²) in [5.41, 5.74) is 7.05. The molecule has 7 nitrogen and oxygen atoms in total. The van der Waals surface area contributed by atoms with Gasteiger partial charge in [-0.3, -0.25) is 9.59 Å². The Morgan fingerprint density at radius 2 is 2.00 bits per heavy atom. The van der Waals surface area contributed by atoms with Gasteiger partial charge in [0.1, 0.15) is 22.7 Å². The molecule has 4 heterocycles. The van der Waals surface area contributed by atoms with Gasteiger partial charge in [-0.2, -0.15) is 5.26 Å². The van der Waals surface area contributed by atoms with E-state index in [0.29, 0.717) is 43.5 Å². The maximum absolute atomic E-state index is 16.1. The second-order valence-electron chi connectivity index (χ2n) is 9.36. The molecule has 0 spiro atoms. The van der Waals surface area contributed by atoms with Crippen molar-refractivity contribution in [1.82, 2.24) is 14.4 Å². The number of aryl methyl sites for hydroxylation is 1. The summed E-state index contributed by atoms with van der Waals surface area (Å²) in [4.78, 5) is 29.3. The lowest BCUT2D eigenvalue weighted by Gasteiger charge is -2.42. The van der Waals surface area contributed by atoms with E-state index in [2.05, 4.69) is 6.58 Å².